The van der Waals surface area contributed by atoms with Gasteiger partial charge in [-0.3, -0.25) is 4.90 Å². The second-order valence-electron chi connectivity index (χ2n) is 4.46. The first-order valence-corrected chi connectivity index (χ1v) is 5.71. The van der Waals surface area contributed by atoms with E-state index in [0.29, 0.717) is 0 Å². The molecule has 0 amide bonds. The summed E-state index contributed by atoms with van der Waals surface area (Å²) in [5, 5.41) is 5.39. The Morgan fingerprint density at radius 1 is 0.875 bits per heavy atom. The standard InChI is InChI=1S/C15H15N/c1-16-8-6-14-10-12-4-2-3-5-13(12)11-15(14)7-9-16/h2-7,10-11H,8-9H2,1H3. The van der Waals surface area contributed by atoms with Gasteiger partial charge in [-0.15, -0.1) is 0 Å². The Morgan fingerprint density at radius 2 is 1.38 bits per heavy atom. The fourth-order valence-electron chi connectivity index (χ4n) is 2.21. The maximum absolute atomic E-state index is 2.31. The molecule has 1 heterocycles. The van der Waals surface area contributed by atoms with Crippen LogP contribution in [-0.2, 0) is 0 Å². The van der Waals surface area contributed by atoms with Gasteiger partial charge in [0.2, 0.25) is 0 Å². The summed E-state index contributed by atoms with van der Waals surface area (Å²) in [6.45, 7) is 2.06. The van der Waals surface area contributed by atoms with E-state index in [1.807, 2.05) is 0 Å². The lowest BCUT2D eigenvalue weighted by Crippen LogP contribution is -2.23. The fraction of sp³-hybridized carbons (Fsp3) is 0.200. The third-order valence-corrected chi connectivity index (χ3v) is 3.20. The molecule has 0 spiro atoms. The van der Waals surface area contributed by atoms with Crippen LogP contribution in [0.4, 0.5) is 0 Å². The van der Waals surface area contributed by atoms with Crippen molar-refractivity contribution in [1.29, 1.82) is 0 Å². The van der Waals surface area contributed by atoms with Crippen molar-refractivity contribution in [2.75, 3.05) is 20.1 Å². The van der Waals surface area contributed by atoms with Gasteiger partial charge in [0.15, 0.2) is 0 Å². The first-order chi connectivity index (χ1) is 7.83. The summed E-state index contributed by atoms with van der Waals surface area (Å²) in [4.78, 5) is 2.31. The minimum atomic E-state index is 1.03. The molecule has 0 N–H and O–H groups in total. The quantitative estimate of drug-likeness (QED) is 0.633. The molecule has 0 saturated carbocycles. The van der Waals surface area contributed by atoms with E-state index in [1.54, 1.807) is 0 Å². The topological polar surface area (TPSA) is 3.24 Å². The van der Waals surface area contributed by atoms with Crippen molar-refractivity contribution in [2.45, 2.75) is 0 Å². The number of nitrogens with zero attached hydrogens (tertiary/aromatic N) is 1. The summed E-state index contributed by atoms with van der Waals surface area (Å²) in [5.74, 6) is 0. The van der Waals surface area contributed by atoms with Gasteiger partial charge in [-0.25, -0.2) is 0 Å². The van der Waals surface area contributed by atoms with E-state index in [2.05, 4.69) is 60.5 Å². The van der Waals surface area contributed by atoms with Crippen LogP contribution in [0.25, 0.3) is 22.9 Å². The molecule has 0 radical (unpaired) electrons. The molecule has 16 heavy (non-hydrogen) atoms. The second-order valence-corrected chi connectivity index (χ2v) is 4.46. The molecule has 0 aromatic heterocycles. The zero-order valence-corrected chi connectivity index (χ0v) is 9.48. The van der Waals surface area contributed by atoms with E-state index in [4.69, 9.17) is 0 Å². The summed E-state index contributed by atoms with van der Waals surface area (Å²) in [6, 6.07) is 13.1. The van der Waals surface area contributed by atoms with E-state index in [1.165, 1.54) is 21.2 Å². The Balaban J connectivity index is 2.36. The molecule has 3 rings (SSSR count). The van der Waals surface area contributed by atoms with Gasteiger partial charge >= 0.3 is 0 Å². The zero-order chi connectivity index (χ0) is 11.0. The summed E-state index contributed by atoms with van der Waals surface area (Å²) in [5.41, 5.74) is 0. The lowest BCUT2D eigenvalue weighted by Gasteiger charge is -2.08. The van der Waals surface area contributed by atoms with Gasteiger partial charge in [-0.05, 0) is 40.4 Å². The van der Waals surface area contributed by atoms with Crippen molar-refractivity contribution >= 4 is 22.9 Å². The molecule has 1 nitrogen and oxygen atoms in total. The van der Waals surface area contributed by atoms with Gasteiger partial charge in [0.25, 0.3) is 0 Å². The third kappa shape index (κ3) is 1.63. The largest absolute Gasteiger partial charge is 0.299 e. The smallest absolute Gasteiger partial charge is 0.0172 e. The lowest BCUT2D eigenvalue weighted by molar-refractivity contribution is 0.434. The van der Waals surface area contributed by atoms with Gasteiger partial charge in [0, 0.05) is 13.1 Å². The van der Waals surface area contributed by atoms with Crippen LogP contribution in [0.15, 0.2) is 36.4 Å². The Morgan fingerprint density at radius 3 is 1.88 bits per heavy atom. The summed E-state index contributed by atoms with van der Waals surface area (Å²) in [7, 11) is 2.15. The van der Waals surface area contributed by atoms with E-state index >= 15 is 0 Å². The van der Waals surface area contributed by atoms with Gasteiger partial charge < -0.3 is 0 Å². The highest BCUT2D eigenvalue weighted by Gasteiger charge is 1.99. The number of hydrogen-bond acceptors (Lipinski definition) is 1. The predicted molar refractivity (Wildman–Crippen MR) is 69.6 cm³/mol. The molecule has 80 valence electrons. The third-order valence-electron chi connectivity index (χ3n) is 3.20. The first-order valence-electron chi connectivity index (χ1n) is 5.71. The second kappa shape index (κ2) is 3.76. The minimum absolute atomic E-state index is 1.03. The Bertz CT molecular complexity index is 584. The van der Waals surface area contributed by atoms with Crippen LogP contribution in [0.5, 0.6) is 0 Å². The molecule has 0 saturated heterocycles. The van der Waals surface area contributed by atoms with Crippen molar-refractivity contribution in [2.24, 2.45) is 0 Å². The van der Waals surface area contributed by atoms with Crippen LogP contribution in [0.2, 0.25) is 0 Å². The molecule has 0 unspecified atom stereocenters. The van der Waals surface area contributed by atoms with Crippen molar-refractivity contribution in [3.8, 4) is 0 Å². The van der Waals surface area contributed by atoms with Gasteiger partial charge in [0.1, 0.15) is 0 Å². The summed E-state index contributed by atoms with van der Waals surface area (Å²) < 4.78 is 0. The average molecular weight is 209 g/mol. The molecule has 0 bridgehead atoms. The highest BCUT2D eigenvalue weighted by Crippen LogP contribution is 2.08. The van der Waals surface area contributed by atoms with Gasteiger partial charge in [-0.2, -0.15) is 0 Å². The maximum atomic E-state index is 2.31. The molecule has 2 aromatic rings. The van der Waals surface area contributed by atoms with Crippen LogP contribution in [0.1, 0.15) is 0 Å². The van der Waals surface area contributed by atoms with Crippen LogP contribution < -0.4 is 10.4 Å². The van der Waals surface area contributed by atoms with Gasteiger partial charge in [0.05, 0.1) is 0 Å². The molecular formula is C15H15N. The van der Waals surface area contributed by atoms with Crippen molar-refractivity contribution in [1.82, 2.24) is 4.90 Å². The molecule has 1 aliphatic heterocycles. The van der Waals surface area contributed by atoms with Crippen molar-refractivity contribution in [3.05, 3.63) is 46.8 Å². The van der Waals surface area contributed by atoms with Crippen LogP contribution in [0, 0.1) is 0 Å². The van der Waals surface area contributed by atoms with E-state index in [-0.39, 0.29) is 0 Å². The number of benzene rings is 2. The highest BCUT2D eigenvalue weighted by atomic mass is 15.1. The fourth-order valence-corrected chi connectivity index (χ4v) is 2.21. The molecule has 0 atom stereocenters. The monoisotopic (exact) mass is 209 g/mol. The van der Waals surface area contributed by atoms with Crippen LogP contribution in [-0.4, -0.2) is 25.0 Å². The van der Waals surface area contributed by atoms with E-state index < -0.39 is 0 Å². The Labute approximate surface area is 95.3 Å². The SMILES string of the molecule is CN1CC=c2cc3ccccc3cc2=CC1. The zero-order valence-electron chi connectivity index (χ0n) is 9.48. The molecule has 1 aliphatic rings. The molecule has 1 heteroatoms. The Hall–Kier alpha value is -1.60. The number of fused-ring (bicyclic) bond motifs is 2. The highest BCUT2D eigenvalue weighted by molar-refractivity contribution is 5.82. The maximum Gasteiger partial charge on any atom is 0.0172 e. The number of hydrogen-bond donors (Lipinski definition) is 0. The van der Waals surface area contributed by atoms with Crippen molar-refractivity contribution in [3.63, 3.8) is 0 Å². The van der Waals surface area contributed by atoms with E-state index in [9.17, 15) is 0 Å². The first kappa shape index (κ1) is 9.61. The molecule has 2 aromatic carbocycles. The molecular weight excluding hydrogens is 194 g/mol. The predicted octanol–water partition coefficient (Wildman–Crippen LogP) is 1.35. The average Bonchev–Trinajstić information content (AvgIpc) is 2.49. The van der Waals surface area contributed by atoms with Crippen LogP contribution >= 0.6 is 0 Å². The Kier molecular flexibility index (Phi) is 2.26. The molecule has 0 fully saturated rings. The van der Waals surface area contributed by atoms with Crippen molar-refractivity contribution < 1.29 is 0 Å². The summed E-state index contributed by atoms with van der Waals surface area (Å²) in [6.07, 6.45) is 4.62. The molecule has 0 aliphatic carbocycles. The minimum Gasteiger partial charge on any atom is -0.299 e. The summed E-state index contributed by atoms with van der Waals surface area (Å²) >= 11 is 0. The lowest BCUT2D eigenvalue weighted by atomic mass is 10.1. The van der Waals surface area contributed by atoms with Crippen LogP contribution in [0.3, 0.4) is 0 Å². The van der Waals surface area contributed by atoms with E-state index in [0.717, 1.165) is 13.1 Å². The van der Waals surface area contributed by atoms with Gasteiger partial charge in [-0.1, -0.05) is 36.4 Å². The normalized spacial score (nSPS) is 16.1. The number of rotatable bonds is 0.